The molecule has 0 bridgehead atoms. The lowest BCUT2D eigenvalue weighted by molar-refractivity contribution is -0.138. The fraction of sp³-hybridized carbons (Fsp3) is 0.706. The van der Waals surface area contributed by atoms with E-state index in [0.29, 0.717) is 0 Å². The van der Waals surface area contributed by atoms with Crippen molar-refractivity contribution in [3.8, 4) is 0 Å². The predicted molar refractivity (Wildman–Crippen MR) is 93.3 cm³/mol. The monoisotopic (exact) mass is 443 g/mol. The molecule has 0 amide bonds. The van der Waals surface area contributed by atoms with Crippen molar-refractivity contribution in [3.63, 3.8) is 0 Å². The van der Waals surface area contributed by atoms with Crippen LogP contribution in [0.1, 0.15) is 44.9 Å². The Labute approximate surface area is 167 Å². The van der Waals surface area contributed by atoms with Gasteiger partial charge >= 0.3 is 6.18 Å². The van der Waals surface area contributed by atoms with Gasteiger partial charge in [0.05, 0.1) is 0 Å². The third kappa shape index (κ3) is 5.10. The number of halogens is 7. The zero-order valence-electron chi connectivity index (χ0n) is 15.8. The number of allylic oxidation sites excluding steroid dienone is 1. The van der Waals surface area contributed by atoms with Crippen LogP contribution in [0.3, 0.4) is 0 Å². The number of nitrogens with zero attached hydrogens (tertiary/aromatic N) is 3. The highest BCUT2D eigenvalue weighted by Gasteiger charge is 2.40. The lowest BCUT2D eigenvalue weighted by Gasteiger charge is -2.23. The van der Waals surface area contributed by atoms with Crippen LogP contribution in [0.25, 0.3) is 5.57 Å². The molecule has 1 saturated carbocycles. The molecule has 0 spiro atoms. The SMILES string of the molecule is C[C@@H](Nc1nc(N[C@@H]2CCC(F)(F)C2)nc(C2=C(F)[C@H](O)C(F)CC2)n1)C(F)(F)F. The average molecular weight is 443 g/mol. The van der Waals surface area contributed by atoms with Crippen LogP contribution in [0.4, 0.5) is 42.6 Å². The van der Waals surface area contributed by atoms with Gasteiger partial charge < -0.3 is 15.7 Å². The molecule has 0 aromatic carbocycles. The van der Waals surface area contributed by atoms with E-state index in [1.54, 1.807) is 0 Å². The van der Waals surface area contributed by atoms with Crippen LogP contribution in [-0.2, 0) is 0 Å². The molecule has 4 atom stereocenters. The summed E-state index contributed by atoms with van der Waals surface area (Å²) in [5, 5.41) is 14.3. The fourth-order valence-corrected chi connectivity index (χ4v) is 3.29. The molecule has 1 heterocycles. The van der Waals surface area contributed by atoms with Gasteiger partial charge in [-0.05, 0) is 26.2 Å². The first kappa shape index (κ1) is 22.5. The van der Waals surface area contributed by atoms with Gasteiger partial charge in [-0.1, -0.05) is 0 Å². The van der Waals surface area contributed by atoms with Gasteiger partial charge in [-0.15, -0.1) is 0 Å². The van der Waals surface area contributed by atoms with Gasteiger partial charge in [0.1, 0.15) is 24.1 Å². The zero-order valence-corrected chi connectivity index (χ0v) is 15.8. The highest BCUT2D eigenvalue weighted by Crippen LogP contribution is 2.37. The number of nitrogens with one attached hydrogen (secondary N) is 2. The van der Waals surface area contributed by atoms with E-state index in [1.165, 1.54) is 0 Å². The topological polar surface area (TPSA) is 83.0 Å². The fourth-order valence-electron chi connectivity index (χ4n) is 3.29. The standard InChI is InChI=1S/C17H20F7N5O/c1-7(17(22,23)24)25-14-27-13(9-2-3-10(18)12(30)11(9)19)28-15(29-14)26-8-4-5-16(20,21)6-8/h7-8,10,12,30H,2-6H2,1H3,(H2,25,26,27,28,29)/t7-,8-,10?,12-/m1/s1. The number of aliphatic hydroxyl groups excluding tert-OH is 1. The van der Waals surface area contributed by atoms with Crippen LogP contribution in [0.5, 0.6) is 0 Å². The Bertz CT molecular complexity index is 816. The summed E-state index contributed by atoms with van der Waals surface area (Å²) in [6, 6.07) is -2.81. The third-order valence-corrected chi connectivity index (χ3v) is 5.04. The van der Waals surface area contributed by atoms with E-state index in [4.69, 9.17) is 0 Å². The molecule has 2 aliphatic rings. The molecule has 0 saturated heterocycles. The molecule has 1 aromatic heterocycles. The summed E-state index contributed by atoms with van der Waals surface area (Å²) in [5.41, 5.74) is -0.277. The summed E-state index contributed by atoms with van der Waals surface area (Å²) in [6.07, 6.45) is -9.77. The molecule has 0 aliphatic heterocycles. The van der Waals surface area contributed by atoms with Crippen LogP contribution >= 0.6 is 0 Å². The van der Waals surface area contributed by atoms with Gasteiger partial charge in [-0.3, -0.25) is 0 Å². The van der Waals surface area contributed by atoms with E-state index >= 15 is 0 Å². The van der Waals surface area contributed by atoms with Crippen LogP contribution in [0.2, 0.25) is 0 Å². The highest BCUT2D eigenvalue weighted by molar-refractivity contribution is 5.65. The Balaban J connectivity index is 1.94. The molecule has 1 aromatic rings. The van der Waals surface area contributed by atoms with Gasteiger partial charge in [0, 0.05) is 24.5 Å². The molecule has 1 unspecified atom stereocenters. The van der Waals surface area contributed by atoms with Crippen LogP contribution in [0, 0.1) is 0 Å². The number of aliphatic hydroxyl groups is 1. The number of rotatable bonds is 5. The Morgan fingerprint density at radius 3 is 2.40 bits per heavy atom. The minimum absolute atomic E-state index is 0.0784. The minimum atomic E-state index is -4.64. The van der Waals surface area contributed by atoms with Crippen molar-refractivity contribution >= 4 is 17.5 Å². The van der Waals surface area contributed by atoms with Crippen molar-refractivity contribution in [1.82, 2.24) is 15.0 Å². The molecule has 6 nitrogen and oxygen atoms in total. The van der Waals surface area contributed by atoms with Gasteiger partial charge in [-0.2, -0.15) is 28.1 Å². The normalized spacial score (nSPS) is 27.8. The molecule has 3 N–H and O–H groups in total. The molecular formula is C17H20F7N5O. The van der Waals surface area contributed by atoms with Crippen LogP contribution in [-0.4, -0.2) is 56.5 Å². The van der Waals surface area contributed by atoms with Crippen LogP contribution in [0.15, 0.2) is 5.83 Å². The van der Waals surface area contributed by atoms with Crippen molar-refractivity contribution in [2.24, 2.45) is 0 Å². The highest BCUT2D eigenvalue weighted by atomic mass is 19.4. The van der Waals surface area contributed by atoms with Gasteiger partial charge in [0.25, 0.3) is 0 Å². The van der Waals surface area contributed by atoms with Crippen molar-refractivity contribution in [2.45, 2.75) is 75.5 Å². The maximum atomic E-state index is 14.4. The molecule has 1 fully saturated rings. The first-order valence-corrected chi connectivity index (χ1v) is 9.30. The molecule has 0 radical (unpaired) electrons. The molecule has 30 heavy (non-hydrogen) atoms. The Morgan fingerprint density at radius 2 is 1.80 bits per heavy atom. The quantitative estimate of drug-likeness (QED) is 0.597. The predicted octanol–water partition coefficient (Wildman–Crippen LogP) is 4.01. The van der Waals surface area contributed by atoms with E-state index < -0.39 is 60.5 Å². The summed E-state index contributed by atoms with van der Waals surface area (Å²) < 4.78 is 93.4. The van der Waals surface area contributed by atoms with Crippen LogP contribution < -0.4 is 10.6 Å². The first-order valence-electron chi connectivity index (χ1n) is 9.30. The Morgan fingerprint density at radius 1 is 1.13 bits per heavy atom. The minimum Gasteiger partial charge on any atom is -0.383 e. The number of alkyl halides is 6. The largest absolute Gasteiger partial charge is 0.408 e. The number of aromatic nitrogens is 3. The summed E-state index contributed by atoms with van der Waals surface area (Å²) >= 11 is 0. The zero-order chi connectivity index (χ0) is 22.3. The summed E-state index contributed by atoms with van der Waals surface area (Å²) in [4.78, 5) is 11.5. The lowest BCUT2D eigenvalue weighted by Crippen LogP contribution is -2.34. The summed E-state index contributed by atoms with van der Waals surface area (Å²) in [5.74, 6) is -5.41. The maximum Gasteiger partial charge on any atom is 0.408 e. The van der Waals surface area contributed by atoms with E-state index in [9.17, 15) is 35.8 Å². The molecule has 3 rings (SSSR count). The summed E-state index contributed by atoms with van der Waals surface area (Å²) in [7, 11) is 0. The van der Waals surface area contributed by atoms with Gasteiger partial charge in [-0.25, -0.2) is 17.6 Å². The van der Waals surface area contributed by atoms with Crippen molar-refractivity contribution < 1.29 is 35.8 Å². The van der Waals surface area contributed by atoms with E-state index in [2.05, 4.69) is 20.3 Å². The van der Waals surface area contributed by atoms with E-state index in [0.717, 1.165) is 6.92 Å². The smallest absolute Gasteiger partial charge is 0.383 e. The molecular weight excluding hydrogens is 423 g/mol. The van der Waals surface area contributed by atoms with Gasteiger partial charge in [0.2, 0.25) is 17.8 Å². The third-order valence-electron chi connectivity index (χ3n) is 5.04. The Hall–Kier alpha value is -2.18. The molecule has 13 heteroatoms. The maximum absolute atomic E-state index is 14.4. The van der Waals surface area contributed by atoms with Crippen molar-refractivity contribution in [2.75, 3.05) is 10.6 Å². The van der Waals surface area contributed by atoms with E-state index in [1.807, 2.05) is 5.32 Å². The second-order valence-corrected chi connectivity index (χ2v) is 7.48. The number of hydrogen-bond acceptors (Lipinski definition) is 6. The average Bonchev–Trinajstić information content (AvgIpc) is 2.97. The van der Waals surface area contributed by atoms with E-state index in [-0.39, 0.29) is 37.2 Å². The number of hydrogen-bond donors (Lipinski definition) is 3. The molecule has 168 valence electrons. The molecule has 2 aliphatic carbocycles. The Kier molecular flexibility index (Phi) is 6.12. The van der Waals surface area contributed by atoms with Crippen molar-refractivity contribution in [1.29, 1.82) is 0 Å². The lowest BCUT2D eigenvalue weighted by atomic mass is 9.94. The first-order chi connectivity index (χ1) is 13.9. The second kappa shape index (κ2) is 8.16. The second-order valence-electron chi connectivity index (χ2n) is 7.48. The van der Waals surface area contributed by atoms with Gasteiger partial charge in [0.15, 0.2) is 5.82 Å². The van der Waals surface area contributed by atoms with Crippen molar-refractivity contribution in [3.05, 3.63) is 11.7 Å². The number of anilines is 2. The summed E-state index contributed by atoms with van der Waals surface area (Å²) in [6.45, 7) is 0.812.